The van der Waals surface area contributed by atoms with Crippen molar-refractivity contribution in [3.05, 3.63) is 65.4 Å². The zero-order valence-electron chi connectivity index (χ0n) is 21.9. The number of nitrogens with zero attached hydrogens (tertiary/aromatic N) is 5. The Morgan fingerprint density at radius 2 is 1.90 bits per heavy atom. The maximum absolute atomic E-state index is 12.9. The van der Waals surface area contributed by atoms with Crippen LogP contribution < -0.4 is 4.74 Å². The molecule has 0 aromatic carbocycles. The fraction of sp³-hybridized carbons (Fsp3) is 0.367. The van der Waals surface area contributed by atoms with Crippen molar-refractivity contribution in [2.75, 3.05) is 26.3 Å². The fourth-order valence-corrected chi connectivity index (χ4v) is 5.22. The van der Waals surface area contributed by atoms with E-state index in [1.807, 2.05) is 30.0 Å². The Bertz CT molecular complexity index is 1560. The third kappa shape index (κ3) is 5.08. The Kier molecular flexibility index (Phi) is 6.95. The topological polar surface area (TPSA) is 94.9 Å². The number of amides is 1. The SMILES string of the molecule is [C-]#[N+]c1cc(-c2ccnc3cc(-c4ncc(C(=O)N5CCCCC5)cc4C)oc23)ncc1OC1CCOCC1. The highest BCUT2D eigenvalue weighted by Gasteiger charge is 2.22. The number of hydrogen-bond acceptors (Lipinski definition) is 7. The van der Waals surface area contributed by atoms with Crippen LogP contribution in [0.25, 0.3) is 38.7 Å². The van der Waals surface area contributed by atoms with Crippen LogP contribution in [0, 0.1) is 13.5 Å². The predicted molar refractivity (Wildman–Crippen MR) is 146 cm³/mol. The molecular formula is C30H29N5O4. The molecule has 0 saturated carbocycles. The number of carbonyl (C=O) groups is 1. The van der Waals surface area contributed by atoms with Crippen LogP contribution in [0.3, 0.4) is 0 Å². The van der Waals surface area contributed by atoms with Crippen molar-refractivity contribution in [1.29, 1.82) is 0 Å². The minimum Gasteiger partial charge on any atom is -0.500 e. The number of hydrogen-bond donors (Lipinski definition) is 0. The van der Waals surface area contributed by atoms with Gasteiger partial charge in [-0.3, -0.25) is 19.7 Å². The molecule has 2 saturated heterocycles. The number of ether oxygens (including phenoxy) is 2. The monoisotopic (exact) mass is 523 g/mol. The van der Waals surface area contributed by atoms with Crippen LogP contribution in [0.5, 0.6) is 5.75 Å². The Morgan fingerprint density at radius 3 is 2.67 bits per heavy atom. The summed E-state index contributed by atoms with van der Waals surface area (Å²) >= 11 is 0. The molecule has 0 atom stereocenters. The summed E-state index contributed by atoms with van der Waals surface area (Å²) < 4.78 is 17.7. The minimum absolute atomic E-state index is 0.0180. The van der Waals surface area contributed by atoms with E-state index in [9.17, 15) is 4.79 Å². The largest absolute Gasteiger partial charge is 0.500 e. The second-order valence-corrected chi connectivity index (χ2v) is 10.0. The molecule has 0 aliphatic carbocycles. The first kappa shape index (κ1) is 25.0. The highest BCUT2D eigenvalue weighted by molar-refractivity contribution is 5.95. The number of likely N-dealkylation sites (tertiary alicyclic amines) is 1. The van der Waals surface area contributed by atoms with Crippen molar-refractivity contribution in [1.82, 2.24) is 19.9 Å². The number of aromatic nitrogens is 3. The van der Waals surface area contributed by atoms with Gasteiger partial charge in [0, 0.05) is 50.0 Å². The normalized spacial score (nSPS) is 16.3. The molecule has 39 heavy (non-hydrogen) atoms. The Morgan fingerprint density at radius 1 is 1.08 bits per heavy atom. The quantitative estimate of drug-likeness (QED) is 0.296. The van der Waals surface area contributed by atoms with E-state index in [0.717, 1.165) is 49.9 Å². The first-order valence-electron chi connectivity index (χ1n) is 13.4. The molecule has 198 valence electrons. The average molecular weight is 524 g/mol. The molecule has 0 unspecified atom stereocenters. The van der Waals surface area contributed by atoms with Crippen molar-refractivity contribution in [2.45, 2.75) is 45.1 Å². The molecule has 4 aromatic rings. The zero-order valence-corrected chi connectivity index (χ0v) is 21.9. The van der Waals surface area contributed by atoms with E-state index >= 15 is 0 Å². The maximum atomic E-state index is 12.9. The second kappa shape index (κ2) is 10.8. The first-order chi connectivity index (χ1) is 19.1. The van der Waals surface area contributed by atoms with Gasteiger partial charge in [0.05, 0.1) is 37.2 Å². The lowest BCUT2D eigenvalue weighted by Crippen LogP contribution is -2.35. The van der Waals surface area contributed by atoms with Crippen molar-refractivity contribution in [2.24, 2.45) is 0 Å². The van der Waals surface area contributed by atoms with E-state index in [0.29, 0.717) is 58.5 Å². The van der Waals surface area contributed by atoms with Gasteiger partial charge in [-0.05, 0) is 49.9 Å². The van der Waals surface area contributed by atoms with E-state index in [-0.39, 0.29) is 12.0 Å². The Balaban J connectivity index is 1.29. The minimum atomic E-state index is 0.0180. The van der Waals surface area contributed by atoms with E-state index in [1.165, 1.54) is 6.42 Å². The molecule has 6 rings (SSSR count). The highest BCUT2D eigenvalue weighted by Crippen LogP contribution is 2.37. The highest BCUT2D eigenvalue weighted by atomic mass is 16.5. The van der Waals surface area contributed by atoms with Crippen LogP contribution >= 0.6 is 0 Å². The standard InChI is InChI=1S/C30H29N5O4/c1-19-14-20(30(36)35-10-4-3-5-11-35)17-34-28(19)26-16-25-29(39-26)22(6-9-32-25)23-15-24(31-2)27(18-33-23)38-21-7-12-37-13-8-21/h6,9,14-18,21H,3-5,7-8,10-13H2,1H3. The third-order valence-corrected chi connectivity index (χ3v) is 7.32. The molecule has 6 heterocycles. The first-order valence-corrected chi connectivity index (χ1v) is 13.4. The van der Waals surface area contributed by atoms with Gasteiger partial charge in [-0.2, -0.15) is 0 Å². The smallest absolute Gasteiger partial charge is 0.255 e. The van der Waals surface area contributed by atoms with E-state index in [1.54, 1.807) is 24.7 Å². The third-order valence-electron chi connectivity index (χ3n) is 7.32. The molecule has 2 aliphatic rings. The average Bonchev–Trinajstić information content (AvgIpc) is 3.42. The summed E-state index contributed by atoms with van der Waals surface area (Å²) in [7, 11) is 0. The predicted octanol–water partition coefficient (Wildman–Crippen LogP) is 5.99. The van der Waals surface area contributed by atoms with Crippen molar-refractivity contribution >= 4 is 22.7 Å². The summed E-state index contributed by atoms with van der Waals surface area (Å²) in [5.74, 6) is 1.06. The lowest BCUT2D eigenvalue weighted by molar-refractivity contribution is 0.0258. The van der Waals surface area contributed by atoms with Crippen molar-refractivity contribution in [3.8, 4) is 28.5 Å². The number of pyridine rings is 3. The van der Waals surface area contributed by atoms with Crippen LogP contribution in [0.15, 0.2) is 47.3 Å². The van der Waals surface area contributed by atoms with Gasteiger partial charge in [-0.25, -0.2) is 4.85 Å². The molecule has 0 N–H and O–H groups in total. The van der Waals surface area contributed by atoms with E-state index < -0.39 is 0 Å². The fourth-order valence-electron chi connectivity index (χ4n) is 5.22. The summed E-state index contributed by atoms with van der Waals surface area (Å²) in [4.78, 5) is 32.2. The van der Waals surface area contributed by atoms with Gasteiger partial charge in [-0.1, -0.05) is 0 Å². The summed E-state index contributed by atoms with van der Waals surface area (Å²) in [5.41, 5.74) is 5.03. The lowest BCUT2D eigenvalue weighted by atomic mass is 10.1. The van der Waals surface area contributed by atoms with Crippen LogP contribution in [-0.2, 0) is 4.74 Å². The second-order valence-electron chi connectivity index (χ2n) is 10.0. The summed E-state index contributed by atoms with van der Waals surface area (Å²) in [5, 5.41) is 0. The van der Waals surface area contributed by atoms with Crippen LogP contribution in [0.1, 0.15) is 48.0 Å². The number of rotatable bonds is 5. The zero-order chi connectivity index (χ0) is 26.8. The van der Waals surface area contributed by atoms with Crippen molar-refractivity contribution in [3.63, 3.8) is 0 Å². The molecule has 9 heteroatoms. The van der Waals surface area contributed by atoms with Crippen LogP contribution in [0.4, 0.5) is 5.69 Å². The number of piperidine rings is 1. The molecule has 0 spiro atoms. The maximum Gasteiger partial charge on any atom is 0.255 e. The van der Waals surface area contributed by atoms with Crippen LogP contribution in [-0.4, -0.2) is 58.2 Å². The number of carbonyl (C=O) groups excluding carboxylic acids is 1. The van der Waals surface area contributed by atoms with Gasteiger partial charge >= 0.3 is 0 Å². The summed E-state index contributed by atoms with van der Waals surface area (Å²) in [6.45, 7) is 12.5. The summed E-state index contributed by atoms with van der Waals surface area (Å²) in [6, 6.07) is 7.27. The Labute approximate surface area is 226 Å². The van der Waals surface area contributed by atoms with Gasteiger partial charge in [0.2, 0.25) is 5.69 Å². The van der Waals surface area contributed by atoms with E-state index in [4.69, 9.17) is 20.5 Å². The van der Waals surface area contributed by atoms with Crippen LogP contribution in [0.2, 0.25) is 0 Å². The molecule has 2 fully saturated rings. The lowest BCUT2D eigenvalue weighted by Gasteiger charge is -2.26. The van der Waals surface area contributed by atoms with Gasteiger partial charge in [0.15, 0.2) is 11.3 Å². The van der Waals surface area contributed by atoms with Gasteiger partial charge < -0.3 is 18.8 Å². The molecule has 0 radical (unpaired) electrons. The molecule has 1 amide bonds. The Hall–Kier alpha value is -4.29. The molecule has 4 aromatic heterocycles. The van der Waals surface area contributed by atoms with E-state index in [2.05, 4.69) is 19.8 Å². The number of aryl methyl sites for hydroxylation is 1. The molecule has 9 nitrogen and oxygen atoms in total. The van der Waals surface area contributed by atoms with Gasteiger partial charge in [-0.15, -0.1) is 0 Å². The number of furan rings is 1. The number of fused-ring (bicyclic) bond motifs is 1. The van der Waals surface area contributed by atoms with Gasteiger partial charge in [0.25, 0.3) is 5.91 Å². The van der Waals surface area contributed by atoms with Crippen molar-refractivity contribution < 1.29 is 18.7 Å². The molecule has 0 bridgehead atoms. The summed E-state index contributed by atoms with van der Waals surface area (Å²) in [6.07, 6.45) is 9.80. The van der Waals surface area contributed by atoms with Gasteiger partial charge in [0.1, 0.15) is 23.1 Å². The molecule has 2 aliphatic heterocycles. The molecular weight excluding hydrogens is 494 g/mol.